The average molecular weight is 240 g/mol. The maximum absolute atomic E-state index is 10.7. The third-order valence-corrected chi connectivity index (χ3v) is 2.47. The van der Waals surface area contributed by atoms with Crippen molar-refractivity contribution in [3.8, 4) is 0 Å². The highest BCUT2D eigenvalue weighted by atomic mass is 16.4. The molecule has 96 valence electrons. The van der Waals surface area contributed by atoms with Gasteiger partial charge in [0.05, 0.1) is 24.4 Å². The van der Waals surface area contributed by atoms with Crippen LogP contribution >= 0.6 is 0 Å². The monoisotopic (exact) mass is 240 g/mol. The highest BCUT2D eigenvalue weighted by molar-refractivity contribution is 5.69. The molecule has 0 aromatic carbocycles. The first-order valence-electron chi connectivity index (χ1n) is 5.70. The van der Waals surface area contributed by atoms with Crippen LogP contribution in [0.3, 0.4) is 0 Å². The van der Waals surface area contributed by atoms with Crippen molar-refractivity contribution in [3.63, 3.8) is 0 Å². The van der Waals surface area contributed by atoms with Crippen molar-refractivity contribution < 1.29 is 9.90 Å². The molecule has 0 unspecified atom stereocenters. The second-order valence-electron chi connectivity index (χ2n) is 4.67. The van der Waals surface area contributed by atoms with E-state index in [1.807, 2.05) is 32.6 Å². The number of hydrogen-bond donors (Lipinski definition) is 1. The van der Waals surface area contributed by atoms with Crippen LogP contribution < -0.4 is 0 Å². The van der Waals surface area contributed by atoms with Gasteiger partial charge in [-0.05, 0) is 20.0 Å². The Morgan fingerprint density at radius 2 is 2.12 bits per heavy atom. The number of nitrogens with zero attached hydrogens (tertiary/aromatic N) is 4. The Hall–Kier alpha value is -1.43. The number of likely N-dealkylation sites (N-methyl/N-ethyl adjacent to an activating group) is 1. The van der Waals surface area contributed by atoms with Crippen molar-refractivity contribution in [1.29, 1.82) is 0 Å². The molecule has 1 aromatic rings. The van der Waals surface area contributed by atoms with Crippen LogP contribution in [0.1, 0.15) is 31.2 Å². The van der Waals surface area contributed by atoms with Gasteiger partial charge < -0.3 is 10.0 Å². The van der Waals surface area contributed by atoms with Crippen molar-refractivity contribution in [2.24, 2.45) is 0 Å². The van der Waals surface area contributed by atoms with Crippen LogP contribution in [0.25, 0.3) is 0 Å². The Morgan fingerprint density at radius 3 is 2.59 bits per heavy atom. The molecule has 1 heterocycles. The summed E-state index contributed by atoms with van der Waals surface area (Å²) < 4.78 is 1.81. The number of carbonyl (C=O) groups is 1. The molecule has 1 N–H and O–H groups in total. The van der Waals surface area contributed by atoms with Crippen molar-refractivity contribution in [3.05, 3.63) is 11.4 Å². The van der Waals surface area contributed by atoms with Crippen LogP contribution in [-0.2, 0) is 17.8 Å². The number of aliphatic carboxylic acids is 1. The summed E-state index contributed by atoms with van der Waals surface area (Å²) in [5.74, 6) is -0.645. The van der Waals surface area contributed by atoms with Gasteiger partial charge >= 0.3 is 5.97 Å². The highest BCUT2D eigenvalue weighted by Gasteiger charge is 2.18. The lowest BCUT2D eigenvalue weighted by Crippen LogP contribution is -2.21. The molecule has 1 aromatic heterocycles. The molecule has 0 radical (unpaired) electrons. The van der Waals surface area contributed by atoms with E-state index in [0.29, 0.717) is 5.69 Å². The van der Waals surface area contributed by atoms with Gasteiger partial charge in [-0.2, -0.15) is 0 Å². The van der Waals surface area contributed by atoms with E-state index in [0.717, 1.165) is 18.8 Å². The van der Waals surface area contributed by atoms with Gasteiger partial charge in [-0.3, -0.25) is 4.79 Å². The number of aromatic nitrogens is 3. The zero-order valence-electron chi connectivity index (χ0n) is 10.8. The zero-order chi connectivity index (χ0) is 13.0. The minimum atomic E-state index is -0.869. The van der Waals surface area contributed by atoms with Gasteiger partial charge in [0.1, 0.15) is 0 Å². The summed E-state index contributed by atoms with van der Waals surface area (Å²) >= 11 is 0. The maximum atomic E-state index is 10.7. The van der Waals surface area contributed by atoms with E-state index in [1.54, 1.807) is 0 Å². The van der Waals surface area contributed by atoms with Crippen molar-refractivity contribution in [2.45, 2.75) is 32.7 Å². The highest BCUT2D eigenvalue weighted by Crippen LogP contribution is 2.17. The predicted molar refractivity (Wildman–Crippen MR) is 64.0 cm³/mol. The third kappa shape index (κ3) is 3.81. The first kappa shape index (κ1) is 13.6. The van der Waals surface area contributed by atoms with E-state index in [2.05, 4.69) is 15.2 Å². The Labute approximate surface area is 101 Å². The Morgan fingerprint density at radius 1 is 1.47 bits per heavy atom. The van der Waals surface area contributed by atoms with Crippen LogP contribution in [0.2, 0.25) is 0 Å². The number of carboxylic acids is 1. The first-order chi connectivity index (χ1) is 7.91. The summed E-state index contributed by atoms with van der Waals surface area (Å²) in [7, 11) is 3.98. The molecule has 0 amide bonds. The molecule has 0 saturated heterocycles. The maximum Gasteiger partial charge on any atom is 0.309 e. The summed E-state index contributed by atoms with van der Waals surface area (Å²) in [6.07, 6.45) is -0.0600. The Bertz CT molecular complexity index is 385. The van der Waals surface area contributed by atoms with E-state index in [-0.39, 0.29) is 12.3 Å². The van der Waals surface area contributed by atoms with E-state index < -0.39 is 5.97 Å². The molecule has 0 spiro atoms. The van der Waals surface area contributed by atoms with Gasteiger partial charge in [0.2, 0.25) is 0 Å². The summed E-state index contributed by atoms with van der Waals surface area (Å²) in [5.41, 5.74) is 1.50. The quantitative estimate of drug-likeness (QED) is 0.788. The Balaban J connectivity index is 2.90. The van der Waals surface area contributed by atoms with E-state index in [9.17, 15) is 4.79 Å². The van der Waals surface area contributed by atoms with Gasteiger partial charge in [-0.15, -0.1) is 5.10 Å². The van der Waals surface area contributed by atoms with E-state index in [1.165, 1.54) is 0 Å². The zero-order valence-corrected chi connectivity index (χ0v) is 10.8. The minimum absolute atomic E-state index is 0.0600. The lowest BCUT2D eigenvalue weighted by Gasteiger charge is -2.13. The lowest BCUT2D eigenvalue weighted by molar-refractivity contribution is -0.136. The standard InChI is InChI=1S/C11H20N4O2/c1-8(2)11-9(7-10(16)17)12-13-15(11)6-5-14(3)4/h8H,5-7H2,1-4H3,(H,16,17). The number of carboxylic acid groups (broad SMARTS) is 1. The lowest BCUT2D eigenvalue weighted by atomic mass is 10.1. The first-order valence-corrected chi connectivity index (χ1v) is 5.70. The minimum Gasteiger partial charge on any atom is -0.481 e. The molecule has 17 heavy (non-hydrogen) atoms. The van der Waals surface area contributed by atoms with E-state index >= 15 is 0 Å². The van der Waals surface area contributed by atoms with Gasteiger partial charge in [0.25, 0.3) is 0 Å². The normalized spacial score (nSPS) is 11.4. The molecule has 0 aliphatic rings. The smallest absolute Gasteiger partial charge is 0.309 e. The SMILES string of the molecule is CC(C)c1c(CC(=O)O)nnn1CCN(C)C. The van der Waals surface area contributed by atoms with Crippen molar-refractivity contribution in [2.75, 3.05) is 20.6 Å². The molecular formula is C11H20N4O2. The van der Waals surface area contributed by atoms with Crippen molar-refractivity contribution >= 4 is 5.97 Å². The molecule has 0 saturated carbocycles. The molecule has 0 atom stereocenters. The molecule has 0 fully saturated rings. The average Bonchev–Trinajstić information content (AvgIpc) is 2.56. The largest absolute Gasteiger partial charge is 0.481 e. The van der Waals surface area contributed by atoms with Gasteiger partial charge in [0.15, 0.2) is 0 Å². The van der Waals surface area contributed by atoms with Crippen LogP contribution in [0.5, 0.6) is 0 Å². The Kier molecular flexibility index (Phi) is 4.62. The summed E-state index contributed by atoms with van der Waals surface area (Å²) in [5, 5.41) is 16.8. The predicted octanol–water partition coefficient (Wildman–Crippen LogP) is 0.590. The molecule has 6 heteroatoms. The second kappa shape index (κ2) is 5.77. The van der Waals surface area contributed by atoms with Crippen LogP contribution in [0.15, 0.2) is 0 Å². The van der Waals surface area contributed by atoms with Crippen molar-refractivity contribution in [1.82, 2.24) is 19.9 Å². The fourth-order valence-electron chi connectivity index (χ4n) is 1.72. The second-order valence-corrected chi connectivity index (χ2v) is 4.67. The summed E-state index contributed by atoms with van der Waals surface area (Å²) in [4.78, 5) is 12.8. The molecule has 0 bridgehead atoms. The van der Waals surface area contributed by atoms with Crippen LogP contribution in [0.4, 0.5) is 0 Å². The summed E-state index contributed by atoms with van der Waals surface area (Å²) in [6.45, 7) is 5.63. The molecule has 0 aliphatic heterocycles. The molecule has 1 rings (SSSR count). The number of hydrogen-bond acceptors (Lipinski definition) is 4. The van der Waals surface area contributed by atoms with Gasteiger partial charge in [0, 0.05) is 6.54 Å². The number of rotatable bonds is 6. The molecule has 0 aliphatic carbocycles. The molecule has 6 nitrogen and oxygen atoms in total. The fourth-order valence-corrected chi connectivity index (χ4v) is 1.72. The van der Waals surface area contributed by atoms with Gasteiger partial charge in [-0.1, -0.05) is 19.1 Å². The van der Waals surface area contributed by atoms with Crippen LogP contribution in [0, 0.1) is 0 Å². The van der Waals surface area contributed by atoms with Gasteiger partial charge in [-0.25, -0.2) is 4.68 Å². The summed E-state index contributed by atoms with van der Waals surface area (Å²) in [6, 6.07) is 0. The van der Waals surface area contributed by atoms with E-state index in [4.69, 9.17) is 5.11 Å². The third-order valence-electron chi connectivity index (χ3n) is 2.47. The molecular weight excluding hydrogens is 220 g/mol. The topological polar surface area (TPSA) is 71.2 Å². The van der Waals surface area contributed by atoms with Crippen LogP contribution in [-0.4, -0.2) is 51.6 Å². The fraction of sp³-hybridized carbons (Fsp3) is 0.727.